The Morgan fingerprint density at radius 3 is 2.47 bits per heavy atom. The average molecular weight is 403 g/mol. The van der Waals surface area contributed by atoms with Crippen LogP contribution in [0, 0.1) is 0 Å². The molecule has 1 aliphatic heterocycles. The maximum atomic E-state index is 11.0. The van der Waals surface area contributed by atoms with Gasteiger partial charge in [-0.15, -0.1) is 0 Å². The summed E-state index contributed by atoms with van der Waals surface area (Å²) in [6.07, 6.45) is 6.08. The van der Waals surface area contributed by atoms with E-state index in [9.17, 15) is 4.79 Å². The lowest BCUT2D eigenvalue weighted by Crippen LogP contribution is -2.36. The van der Waals surface area contributed by atoms with Crippen molar-refractivity contribution in [1.29, 1.82) is 0 Å². The molecule has 0 atom stereocenters. The summed E-state index contributed by atoms with van der Waals surface area (Å²) in [6.45, 7) is 3.23. The van der Waals surface area contributed by atoms with Crippen molar-refractivity contribution in [2.45, 2.75) is 12.8 Å². The number of hydrogen-bond donors (Lipinski definition) is 2. The van der Waals surface area contributed by atoms with Crippen LogP contribution in [0.2, 0.25) is 0 Å². The highest BCUT2D eigenvalue weighted by molar-refractivity contribution is 5.88. The van der Waals surface area contributed by atoms with Gasteiger partial charge in [0.05, 0.1) is 30.7 Å². The van der Waals surface area contributed by atoms with E-state index in [0.717, 1.165) is 44.8 Å². The molecule has 1 aliphatic carbocycles. The predicted octanol–water partition coefficient (Wildman–Crippen LogP) is 4.25. The van der Waals surface area contributed by atoms with Crippen molar-refractivity contribution >= 4 is 23.9 Å². The van der Waals surface area contributed by atoms with Gasteiger partial charge in [-0.1, -0.05) is 30.3 Å². The van der Waals surface area contributed by atoms with Crippen LogP contribution >= 0.6 is 0 Å². The molecule has 2 aliphatic rings. The van der Waals surface area contributed by atoms with Crippen LogP contribution in [-0.2, 0) is 4.74 Å². The number of hydrazone groups is 1. The van der Waals surface area contributed by atoms with Gasteiger partial charge in [-0.2, -0.15) is 5.10 Å². The van der Waals surface area contributed by atoms with E-state index >= 15 is 0 Å². The number of allylic oxidation sites excluding steroid dienone is 2. The van der Waals surface area contributed by atoms with E-state index in [1.165, 1.54) is 22.4 Å². The van der Waals surface area contributed by atoms with E-state index in [0.29, 0.717) is 0 Å². The molecule has 2 aromatic carbocycles. The van der Waals surface area contributed by atoms with Crippen LogP contribution < -0.4 is 5.43 Å². The minimum atomic E-state index is -0.936. The van der Waals surface area contributed by atoms with Gasteiger partial charge in [-0.25, -0.2) is 4.79 Å². The molecule has 1 heterocycles. The third kappa shape index (κ3) is 4.78. The normalized spacial score (nSPS) is 18.4. The Balaban J connectivity index is 1.56. The smallest absolute Gasteiger partial charge is 0.335 e. The molecule has 154 valence electrons. The minimum absolute atomic E-state index is 0.258. The van der Waals surface area contributed by atoms with Crippen LogP contribution in [0.3, 0.4) is 0 Å². The number of morpholine rings is 1. The molecule has 6 heteroatoms. The fourth-order valence-electron chi connectivity index (χ4n) is 3.79. The van der Waals surface area contributed by atoms with Gasteiger partial charge in [0, 0.05) is 18.8 Å². The number of anilines is 1. The summed E-state index contributed by atoms with van der Waals surface area (Å²) in [7, 11) is 0. The molecule has 2 aromatic rings. The highest BCUT2D eigenvalue weighted by Crippen LogP contribution is 2.35. The minimum Gasteiger partial charge on any atom is -0.478 e. The Bertz CT molecular complexity index is 973. The molecule has 1 fully saturated rings. The van der Waals surface area contributed by atoms with Gasteiger partial charge in [0.15, 0.2) is 0 Å². The molecular weight excluding hydrogens is 378 g/mol. The number of aromatic carboxylic acids is 1. The van der Waals surface area contributed by atoms with Crippen molar-refractivity contribution in [3.63, 3.8) is 0 Å². The maximum Gasteiger partial charge on any atom is 0.335 e. The summed E-state index contributed by atoms with van der Waals surface area (Å²) in [5.41, 5.74) is 9.01. The standard InChI is InChI=1S/C24H25N3O3/c28-24(29)19-8-10-22(11-9-19)26-25-17-21-7-6-20(16-18-4-2-1-3-5-18)23(21)27-12-14-30-15-13-27/h1-5,8-11,16-17,26H,6-7,12-15H2,(H,28,29)/b20-16+,25-17?. The number of rotatable bonds is 6. The van der Waals surface area contributed by atoms with Gasteiger partial charge in [0.25, 0.3) is 0 Å². The second-order valence-electron chi connectivity index (χ2n) is 7.31. The number of benzene rings is 2. The fourth-order valence-corrected chi connectivity index (χ4v) is 3.79. The summed E-state index contributed by atoms with van der Waals surface area (Å²) in [6, 6.07) is 17.0. The van der Waals surface area contributed by atoms with Crippen molar-refractivity contribution in [2.75, 3.05) is 31.7 Å². The zero-order chi connectivity index (χ0) is 20.8. The van der Waals surface area contributed by atoms with Crippen LogP contribution in [-0.4, -0.2) is 48.5 Å². The van der Waals surface area contributed by atoms with E-state index in [4.69, 9.17) is 9.84 Å². The molecule has 4 rings (SSSR count). The van der Waals surface area contributed by atoms with Gasteiger partial charge >= 0.3 is 5.97 Å². The first kappa shape index (κ1) is 19.9. The number of carboxylic acids is 1. The SMILES string of the molecule is O=C(O)c1ccc(NN=CC2=C(N3CCOCC3)/C(=C/c3ccccc3)CC2)cc1. The second-order valence-corrected chi connectivity index (χ2v) is 7.31. The first-order valence-electron chi connectivity index (χ1n) is 10.1. The fraction of sp³-hybridized carbons (Fsp3) is 0.250. The van der Waals surface area contributed by atoms with Crippen molar-refractivity contribution in [2.24, 2.45) is 5.10 Å². The summed E-state index contributed by atoms with van der Waals surface area (Å²) >= 11 is 0. The molecule has 0 saturated carbocycles. The average Bonchev–Trinajstić information content (AvgIpc) is 3.17. The topological polar surface area (TPSA) is 74.2 Å². The molecule has 0 amide bonds. The van der Waals surface area contributed by atoms with Crippen LogP contribution in [0.25, 0.3) is 6.08 Å². The highest BCUT2D eigenvalue weighted by Gasteiger charge is 2.25. The van der Waals surface area contributed by atoms with E-state index in [2.05, 4.69) is 45.8 Å². The molecule has 1 saturated heterocycles. The van der Waals surface area contributed by atoms with Crippen LogP contribution in [0.15, 0.2) is 76.5 Å². The van der Waals surface area contributed by atoms with Gasteiger partial charge in [-0.05, 0) is 59.9 Å². The number of hydrogen-bond acceptors (Lipinski definition) is 5. The third-order valence-electron chi connectivity index (χ3n) is 5.29. The second kappa shape index (κ2) is 9.41. The number of nitrogens with zero attached hydrogens (tertiary/aromatic N) is 2. The Hall–Kier alpha value is -3.38. The molecule has 0 aromatic heterocycles. The van der Waals surface area contributed by atoms with Crippen LogP contribution in [0.1, 0.15) is 28.8 Å². The quantitative estimate of drug-likeness (QED) is 0.557. The Morgan fingerprint density at radius 2 is 1.77 bits per heavy atom. The largest absolute Gasteiger partial charge is 0.478 e. The van der Waals surface area contributed by atoms with E-state index < -0.39 is 5.97 Å². The summed E-state index contributed by atoms with van der Waals surface area (Å²) in [5.74, 6) is -0.936. The molecule has 0 bridgehead atoms. The first-order chi connectivity index (χ1) is 14.7. The Labute approximate surface area is 176 Å². The van der Waals surface area contributed by atoms with Gasteiger partial charge in [0.1, 0.15) is 0 Å². The lowest BCUT2D eigenvalue weighted by molar-refractivity contribution is 0.0548. The summed E-state index contributed by atoms with van der Waals surface area (Å²) in [4.78, 5) is 13.4. The van der Waals surface area contributed by atoms with E-state index in [1.54, 1.807) is 24.3 Å². The number of carboxylic acid groups (broad SMARTS) is 1. The summed E-state index contributed by atoms with van der Waals surface area (Å²) < 4.78 is 5.54. The lowest BCUT2D eigenvalue weighted by atomic mass is 10.1. The molecule has 0 spiro atoms. The molecule has 0 unspecified atom stereocenters. The first-order valence-corrected chi connectivity index (χ1v) is 10.1. The molecule has 2 N–H and O–H groups in total. The zero-order valence-corrected chi connectivity index (χ0v) is 16.8. The van der Waals surface area contributed by atoms with Crippen LogP contribution in [0.4, 0.5) is 5.69 Å². The molecule has 30 heavy (non-hydrogen) atoms. The summed E-state index contributed by atoms with van der Waals surface area (Å²) in [5, 5.41) is 13.4. The molecular formula is C24H25N3O3. The van der Waals surface area contributed by atoms with Crippen LogP contribution in [0.5, 0.6) is 0 Å². The maximum absolute atomic E-state index is 11.0. The monoisotopic (exact) mass is 403 g/mol. The van der Waals surface area contributed by atoms with Crippen molar-refractivity contribution in [3.8, 4) is 0 Å². The van der Waals surface area contributed by atoms with Gasteiger partial charge in [0.2, 0.25) is 0 Å². The number of ether oxygens (including phenoxy) is 1. The molecule has 0 radical (unpaired) electrons. The third-order valence-corrected chi connectivity index (χ3v) is 5.29. The van der Waals surface area contributed by atoms with Gasteiger partial charge in [-0.3, -0.25) is 5.43 Å². The molecule has 6 nitrogen and oxygen atoms in total. The van der Waals surface area contributed by atoms with E-state index in [1.807, 2.05) is 12.3 Å². The predicted molar refractivity (Wildman–Crippen MR) is 119 cm³/mol. The highest BCUT2D eigenvalue weighted by atomic mass is 16.5. The Kier molecular flexibility index (Phi) is 6.25. The van der Waals surface area contributed by atoms with Crippen molar-refractivity contribution in [1.82, 2.24) is 4.90 Å². The number of nitrogens with one attached hydrogen (secondary N) is 1. The van der Waals surface area contributed by atoms with Crippen molar-refractivity contribution < 1.29 is 14.6 Å². The zero-order valence-electron chi connectivity index (χ0n) is 16.8. The lowest BCUT2D eigenvalue weighted by Gasteiger charge is -2.31. The number of carbonyl (C=O) groups is 1. The van der Waals surface area contributed by atoms with Crippen molar-refractivity contribution in [3.05, 3.63) is 82.6 Å². The van der Waals surface area contributed by atoms with E-state index in [-0.39, 0.29) is 5.56 Å². The van der Waals surface area contributed by atoms with Gasteiger partial charge < -0.3 is 14.7 Å². The Morgan fingerprint density at radius 1 is 1.03 bits per heavy atom.